The lowest BCUT2D eigenvalue weighted by molar-refractivity contribution is 0.191. The third-order valence-electron chi connectivity index (χ3n) is 5.37. The average molecular weight is 555 g/mol. The molecule has 7 nitrogen and oxygen atoms in total. The highest BCUT2D eigenvalue weighted by Crippen LogP contribution is 2.29. The molecule has 3 N–H and O–H groups in total. The number of halogens is 1. The van der Waals surface area contributed by atoms with Gasteiger partial charge in [-0.05, 0) is 37.3 Å². The summed E-state index contributed by atoms with van der Waals surface area (Å²) < 4.78 is 3.47. The molecular weight excluding hydrogens is 523 g/mol. The van der Waals surface area contributed by atoms with Gasteiger partial charge in [-0.2, -0.15) is 0 Å². The lowest BCUT2D eigenvalue weighted by Gasteiger charge is -2.13. The molecule has 1 atom stereocenters. The highest BCUT2D eigenvalue weighted by atomic mass is 127. The molecule has 2 aromatic heterocycles. The van der Waals surface area contributed by atoms with Crippen LogP contribution in [-0.2, 0) is 19.4 Å². The van der Waals surface area contributed by atoms with Gasteiger partial charge in [0.1, 0.15) is 17.8 Å². The molecule has 31 heavy (non-hydrogen) atoms. The number of fused-ring (bicyclic) bond motifs is 2. The van der Waals surface area contributed by atoms with Crippen molar-refractivity contribution in [2.24, 2.45) is 4.99 Å². The van der Waals surface area contributed by atoms with Gasteiger partial charge >= 0.3 is 0 Å². The minimum atomic E-state index is -0.606. The minimum absolute atomic E-state index is 0. The van der Waals surface area contributed by atoms with Crippen molar-refractivity contribution < 1.29 is 5.11 Å². The van der Waals surface area contributed by atoms with E-state index in [4.69, 9.17) is 0 Å². The normalized spacial score (nSPS) is 15.1. The molecule has 0 saturated carbocycles. The maximum atomic E-state index is 10.6. The Morgan fingerprint density at radius 1 is 1.23 bits per heavy atom. The van der Waals surface area contributed by atoms with Crippen LogP contribution < -0.4 is 10.6 Å². The second-order valence-corrected chi connectivity index (χ2v) is 8.71. The Balaban J connectivity index is 0.00000272. The molecule has 9 heteroatoms. The standard InChI is InChI=1S/C22H30N6OS.HI/c1-2-23-22(24-12-11-21-27-26-20-10-4-3-7-13-28(20)21)25-15-17(29)19-14-16-8-5-6-9-18(16)30-19;/h5-6,8-9,14,17,29H,2-4,7,10-13,15H2,1H3,(H2,23,24,25);1H. The van der Waals surface area contributed by atoms with Gasteiger partial charge in [0.15, 0.2) is 5.96 Å². The maximum Gasteiger partial charge on any atom is 0.191 e. The number of nitrogens with one attached hydrogen (secondary N) is 2. The number of thiophene rings is 1. The molecule has 0 radical (unpaired) electrons. The van der Waals surface area contributed by atoms with E-state index in [9.17, 15) is 5.11 Å². The number of aryl methyl sites for hydroxylation is 1. The Hall–Kier alpha value is -1.72. The molecule has 1 aliphatic rings. The highest BCUT2D eigenvalue weighted by Gasteiger charge is 2.15. The van der Waals surface area contributed by atoms with Crippen molar-refractivity contribution in [3.05, 3.63) is 46.9 Å². The topological polar surface area (TPSA) is 87.4 Å². The van der Waals surface area contributed by atoms with E-state index in [1.54, 1.807) is 11.3 Å². The molecule has 0 aliphatic carbocycles. The molecule has 3 heterocycles. The predicted octanol–water partition coefficient (Wildman–Crippen LogP) is 3.67. The first kappa shape index (κ1) is 23.9. The maximum absolute atomic E-state index is 10.6. The van der Waals surface area contributed by atoms with Gasteiger partial charge in [0.05, 0.1) is 6.54 Å². The molecule has 1 unspecified atom stereocenters. The molecule has 3 aromatic rings. The quantitative estimate of drug-likeness (QED) is 0.236. The van der Waals surface area contributed by atoms with E-state index in [1.807, 2.05) is 19.1 Å². The van der Waals surface area contributed by atoms with Crippen molar-refractivity contribution in [1.82, 2.24) is 25.4 Å². The fourth-order valence-corrected chi connectivity index (χ4v) is 4.84. The van der Waals surface area contributed by atoms with Gasteiger partial charge in [-0.25, -0.2) is 0 Å². The SMILES string of the molecule is CCNC(=NCC(O)c1cc2ccccc2s1)NCCc1nnc2n1CCCCC2.I. The number of rotatable bonds is 7. The van der Waals surface area contributed by atoms with Crippen LogP contribution in [0.25, 0.3) is 10.1 Å². The zero-order chi connectivity index (χ0) is 20.8. The van der Waals surface area contributed by atoms with E-state index in [0.717, 1.165) is 54.4 Å². The minimum Gasteiger partial charge on any atom is -0.386 e. The van der Waals surface area contributed by atoms with Crippen LogP contribution in [0.1, 0.15) is 48.8 Å². The van der Waals surface area contributed by atoms with Gasteiger partial charge < -0.3 is 20.3 Å². The highest BCUT2D eigenvalue weighted by molar-refractivity contribution is 14.0. The van der Waals surface area contributed by atoms with Crippen molar-refractivity contribution in [1.29, 1.82) is 0 Å². The summed E-state index contributed by atoms with van der Waals surface area (Å²) in [5.41, 5.74) is 0. The van der Waals surface area contributed by atoms with E-state index >= 15 is 0 Å². The molecule has 1 aliphatic heterocycles. The molecule has 0 fully saturated rings. The zero-order valence-corrected chi connectivity index (χ0v) is 21.0. The zero-order valence-electron chi connectivity index (χ0n) is 17.9. The summed E-state index contributed by atoms with van der Waals surface area (Å²) in [4.78, 5) is 5.54. The van der Waals surface area contributed by atoms with Crippen LogP contribution in [0.4, 0.5) is 0 Å². The number of aromatic nitrogens is 3. The van der Waals surface area contributed by atoms with Gasteiger partial charge in [0, 0.05) is 42.1 Å². The first-order chi connectivity index (χ1) is 14.7. The lowest BCUT2D eigenvalue weighted by Crippen LogP contribution is -2.38. The number of aliphatic hydroxyl groups excluding tert-OH is 1. The van der Waals surface area contributed by atoms with E-state index in [1.165, 1.54) is 24.0 Å². The summed E-state index contributed by atoms with van der Waals surface area (Å²) in [5, 5.41) is 27.1. The number of nitrogens with zero attached hydrogens (tertiary/aromatic N) is 4. The fraction of sp³-hybridized carbons (Fsp3) is 0.500. The number of hydrogen-bond acceptors (Lipinski definition) is 5. The molecule has 0 saturated heterocycles. The van der Waals surface area contributed by atoms with Crippen LogP contribution in [0.3, 0.4) is 0 Å². The third-order valence-corrected chi connectivity index (χ3v) is 6.58. The van der Waals surface area contributed by atoms with Gasteiger partial charge in [0.25, 0.3) is 0 Å². The molecule has 168 valence electrons. The van der Waals surface area contributed by atoms with Gasteiger partial charge in [0.2, 0.25) is 0 Å². The van der Waals surface area contributed by atoms with Gasteiger partial charge in [-0.15, -0.1) is 45.5 Å². The van der Waals surface area contributed by atoms with Crippen LogP contribution >= 0.6 is 35.3 Å². The Morgan fingerprint density at radius 3 is 2.94 bits per heavy atom. The number of aliphatic imine (C=N–C) groups is 1. The van der Waals surface area contributed by atoms with E-state index in [2.05, 4.69) is 48.6 Å². The van der Waals surface area contributed by atoms with E-state index in [0.29, 0.717) is 12.5 Å². The fourth-order valence-electron chi connectivity index (χ4n) is 3.80. The van der Waals surface area contributed by atoms with E-state index < -0.39 is 6.10 Å². The molecule has 0 bridgehead atoms. The second-order valence-electron chi connectivity index (χ2n) is 7.59. The van der Waals surface area contributed by atoms with Crippen LogP contribution in [-0.4, -0.2) is 45.5 Å². The Bertz CT molecular complexity index is 968. The Morgan fingerprint density at radius 2 is 2.10 bits per heavy atom. The van der Waals surface area contributed by atoms with Gasteiger partial charge in [-0.3, -0.25) is 4.99 Å². The Kier molecular flexibility index (Phi) is 9.09. The summed E-state index contributed by atoms with van der Waals surface area (Å²) in [6.45, 7) is 4.88. The van der Waals surface area contributed by atoms with Crippen LogP contribution in [0.5, 0.6) is 0 Å². The number of guanidine groups is 1. The third kappa shape index (κ3) is 6.17. The first-order valence-corrected chi connectivity index (χ1v) is 11.7. The monoisotopic (exact) mass is 554 g/mol. The first-order valence-electron chi connectivity index (χ1n) is 10.8. The average Bonchev–Trinajstić information content (AvgIpc) is 3.28. The van der Waals surface area contributed by atoms with Crippen LogP contribution in [0.15, 0.2) is 35.3 Å². The number of benzene rings is 1. The molecule has 4 rings (SSSR count). The number of aliphatic hydroxyl groups is 1. The molecule has 0 spiro atoms. The number of hydrogen-bond donors (Lipinski definition) is 3. The molecule has 1 aromatic carbocycles. The van der Waals surface area contributed by atoms with Crippen molar-refractivity contribution >= 4 is 51.4 Å². The summed E-state index contributed by atoms with van der Waals surface area (Å²) in [6.07, 6.45) is 4.89. The summed E-state index contributed by atoms with van der Waals surface area (Å²) in [6, 6.07) is 10.2. The molecule has 0 amide bonds. The molecular formula is C22H31IN6OS. The summed E-state index contributed by atoms with van der Waals surface area (Å²) in [5.74, 6) is 2.88. The van der Waals surface area contributed by atoms with E-state index in [-0.39, 0.29) is 24.0 Å². The van der Waals surface area contributed by atoms with Crippen molar-refractivity contribution in [2.45, 2.75) is 51.7 Å². The predicted molar refractivity (Wildman–Crippen MR) is 137 cm³/mol. The lowest BCUT2D eigenvalue weighted by atomic mass is 10.2. The second kappa shape index (κ2) is 11.8. The smallest absolute Gasteiger partial charge is 0.191 e. The van der Waals surface area contributed by atoms with Gasteiger partial charge in [-0.1, -0.05) is 24.6 Å². The van der Waals surface area contributed by atoms with Crippen molar-refractivity contribution in [2.75, 3.05) is 19.6 Å². The van der Waals surface area contributed by atoms with Crippen molar-refractivity contribution in [3.63, 3.8) is 0 Å². The van der Waals surface area contributed by atoms with Crippen molar-refractivity contribution in [3.8, 4) is 0 Å². The van der Waals surface area contributed by atoms with Crippen LogP contribution in [0.2, 0.25) is 0 Å². The van der Waals surface area contributed by atoms with Crippen LogP contribution in [0, 0.1) is 0 Å². The summed E-state index contributed by atoms with van der Waals surface area (Å²) >= 11 is 1.62. The Labute approximate surface area is 204 Å². The largest absolute Gasteiger partial charge is 0.386 e. The summed E-state index contributed by atoms with van der Waals surface area (Å²) in [7, 11) is 0.